The minimum Gasteiger partial charge on any atom is -0.411 e. The van der Waals surface area contributed by atoms with Crippen molar-refractivity contribution in [3.63, 3.8) is 0 Å². The van der Waals surface area contributed by atoms with E-state index in [1.807, 2.05) is 0 Å². The van der Waals surface area contributed by atoms with Crippen LogP contribution < -0.4 is 10.6 Å². The molecule has 0 amide bonds. The van der Waals surface area contributed by atoms with Crippen LogP contribution in [-0.2, 0) is 13.1 Å². The molecule has 0 saturated carbocycles. The third-order valence-electron chi connectivity index (χ3n) is 5.53. The maximum Gasteiger partial charge on any atom is 0.434 e. The lowest BCUT2D eigenvalue weighted by Crippen LogP contribution is -2.51. The van der Waals surface area contributed by atoms with Gasteiger partial charge in [0.15, 0.2) is 0 Å². The predicted molar refractivity (Wildman–Crippen MR) is 125 cm³/mol. The molecule has 2 aromatic heterocycles. The molecule has 2 heterocycles. The first-order valence-corrected chi connectivity index (χ1v) is 10.7. The van der Waals surface area contributed by atoms with Gasteiger partial charge in [-0.3, -0.25) is 0 Å². The Morgan fingerprint density at radius 2 is 1.26 bits per heavy atom. The van der Waals surface area contributed by atoms with Crippen LogP contribution in [0.4, 0.5) is 11.9 Å². The molecule has 0 aliphatic rings. The molecule has 0 unspecified atom stereocenters. The Bertz CT molecular complexity index is 1000. The van der Waals surface area contributed by atoms with E-state index in [0.29, 0.717) is 19.5 Å². The molecular formula is C19H30N10O6. The van der Waals surface area contributed by atoms with Gasteiger partial charge in [0.05, 0.1) is 11.1 Å². The van der Waals surface area contributed by atoms with E-state index in [0.717, 1.165) is 0 Å². The van der Waals surface area contributed by atoms with Gasteiger partial charge >= 0.3 is 11.9 Å². The second-order valence-corrected chi connectivity index (χ2v) is 8.78. The van der Waals surface area contributed by atoms with Gasteiger partial charge in [0, 0.05) is 0 Å². The van der Waals surface area contributed by atoms with Gasteiger partial charge in [-0.15, -0.1) is 0 Å². The van der Waals surface area contributed by atoms with Crippen molar-refractivity contribution in [3.05, 3.63) is 45.0 Å². The van der Waals surface area contributed by atoms with Crippen molar-refractivity contribution in [2.24, 2.45) is 10.3 Å². The Balaban J connectivity index is 1.89. The topological polar surface area (TPSA) is 211 Å². The Morgan fingerprint density at radius 3 is 1.57 bits per heavy atom. The summed E-state index contributed by atoms with van der Waals surface area (Å²) in [6, 6.07) is 0. The first-order chi connectivity index (χ1) is 16.4. The van der Waals surface area contributed by atoms with Gasteiger partial charge in [-0.1, -0.05) is 20.3 Å². The van der Waals surface area contributed by atoms with Crippen LogP contribution in [0.1, 0.15) is 34.1 Å². The number of imidazole rings is 2. The first kappa shape index (κ1) is 27.3. The van der Waals surface area contributed by atoms with E-state index in [9.17, 15) is 30.6 Å². The summed E-state index contributed by atoms with van der Waals surface area (Å²) >= 11 is 0. The molecule has 4 N–H and O–H groups in total. The first-order valence-electron chi connectivity index (χ1n) is 10.7. The normalized spacial score (nSPS) is 13.3. The summed E-state index contributed by atoms with van der Waals surface area (Å²) in [5.41, 5.74) is -0.993. The molecule has 0 aliphatic carbocycles. The number of hydrogen-bond donors (Lipinski definition) is 4. The highest BCUT2D eigenvalue weighted by Gasteiger charge is 2.30. The molecule has 0 bridgehead atoms. The van der Waals surface area contributed by atoms with Crippen molar-refractivity contribution < 1.29 is 20.3 Å². The number of rotatable bonds is 14. The maximum absolute atomic E-state index is 11.1. The summed E-state index contributed by atoms with van der Waals surface area (Å²) in [5, 5.41) is 54.3. The number of oxime groups is 2. The molecule has 0 atom stereocenters. The van der Waals surface area contributed by atoms with Crippen molar-refractivity contribution in [2.75, 3.05) is 13.1 Å². The molecule has 0 saturated heterocycles. The van der Waals surface area contributed by atoms with E-state index in [4.69, 9.17) is 0 Å². The molecule has 0 aliphatic heterocycles. The van der Waals surface area contributed by atoms with Crippen LogP contribution in [0.15, 0.2) is 35.1 Å². The fraction of sp³-hybridized carbons (Fsp3) is 0.579. The van der Waals surface area contributed by atoms with Gasteiger partial charge in [0.2, 0.25) is 0 Å². The van der Waals surface area contributed by atoms with E-state index < -0.39 is 20.9 Å². The second-order valence-electron chi connectivity index (χ2n) is 8.78. The Morgan fingerprint density at radius 1 is 0.886 bits per heavy atom. The second kappa shape index (κ2) is 11.5. The summed E-state index contributed by atoms with van der Waals surface area (Å²) < 4.78 is 2.56. The van der Waals surface area contributed by atoms with Crippen molar-refractivity contribution in [1.82, 2.24) is 29.7 Å². The van der Waals surface area contributed by atoms with E-state index in [1.165, 1.54) is 33.9 Å². The summed E-state index contributed by atoms with van der Waals surface area (Å²) in [6.07, 6.45) is 6.10. The van der Waals surface area contributed by atoms with Crippen LogP contribution in [0.5, 0.6) is 0 Å². The Hall–Kier alpha value is -3.92. The van der Waals surface area contributed by atoms with Crippen LogP contribution in [-0.4, -0.2) is 75.0 Å². The number of hydrogen-bond acceptors (Lipinski definition) is 12. The zero-order valence-corrected chi connectivity index (χ0v) is 20.0. The number of nitrogens with one attached hydrogen (secondary N) is 2. The fourth-order valence-electron chi connectivity index (χ4n) is 3.32. The van der Waals surface area contributed by atoms with Crippen molar-refractivity contribution in [3.8, 4) is 0 Å². The third kappa shape index (κ3) is 7.03. The Kier molecular flexibility index (Phi) is 8.96. The maximum atomic E-state index is 11.1. The zero-order chi connectivity index (χ0) is 26.2. The quantitative estimate of drug-likeness (QED) is 0.0973. The van der Waals surface area contributed by atoms with E-state index in [1.54, 1.807) is 27.7 Å². The molecule has 16 nitrogen and oxygen atoms in total. The monoisotopic (exact) mass is 494 g/mol. The van der Waals surface area contributed by atoms with Gasteiger partial charge in [-0.05, 0) is 57.1 Å². The Labute approximate surface area is 200 Å². The summed E-state index contributed by atoms with van der Waals surface area (Å²) in [7, 11) is 0. The SMILES string of the molecule is CC(C)(NCCCNC(C)(C)/C(Cn1ccnc1[N+](=O)[O-])=N/O)/C(Cn1ccnc1[N+](=O)[O-])=N/O. The van der Waals surface area contributed by atoms with E-state index >= 15 is 0 Å². The third-order valence-corrected chi connectivity index (χ3v) is 5.53. The zero-order valence-electron chi connectivity index (χ0n) is 20.0. The summed E-state index contributed by atoms with van der Waals surface area (Å²) in [6.45, 7) is 8.12. The van der Waals surface area contributed by atoms with Gasteiger partial charge in [0.25, 0.3) is 0 Å². The molecule has 2 rings (SSSR count). The lowest BCUT2D eigenvalue weighted by molar-refractivity contribution is -0.396. The van der Waals surface area contributed by atoms with Crippen LogP contribution in [0.25, 0.3) is 0 Å². The van der Waals surface area contributed by atoms with Crippen molar-refractivity contribution in [1.29, 1.82) is 0 Å². The van der Waals surface area contributed by atoms with E-state index in [2.05, 4.69) is 30.9 Å². The molecular weight excluding hydrogens is 464 g/mol. The number of aromatic nitrogens is 4. The smallest absolute Gasteiger partial charge is 0.411 e. The van der Waals surface area contributed by atoms with Gasteiger partial charge < -0.3 is 41.3 Å². The lowest BCUT2D eigenvalue weighted by Gasteiger charge is -2.29. The summed E-state index contributed by atoms with van der Waals surface area (Å²) in [5.74, 6) is -0.702. The average Bonchev–Trinajstić information content (AvgIpc) is 3.44. The molecule has 35 heavy (non-hydrogen) atoms. The van der Waals surface area contributed by atoms with Crippen LogP contribution >= 0.6 is 0 Å². The largest absolute Gasteiger partial charge is 0.434 e. The van der Waals surface area contributed by atoms with Crippen LogP contribution in [0.3, 0.4) is 0 Å². The minimum absolute atomic E-state index is 0.0190. The standard InChI is InChI=1S/C19H30N10O6/c1-18(2,14(24-30)12-26-10-8-20-16(26)28(32)33)22-6-5-7-23-19(3,4)15(25-31)13-27-11-9-21-17(27)29(34)35/h8-11,22-23,30-31H,5-7,12-13H2,1-4H3/b24-14+,25-15+. The molecule has 2 aromatic rings. The average molecular weight is 495 g/mol. The van der Waals surface area contributed by atoms with Crippen LogP contribution in [0.2, 0.25) is 0 Å². The number of nitrogens with zero attached hydrogens (tertiary/aromatic N) is 8. The predicted octanol–water partition coefficient (Wildman–Crippen LogP) is 1.38. The molecule has 192 valence electrons. The molecule has 0 fully saturated rings. The molecule has 0 radical (unpaired) electrons. The lowest BCUT2D eigenvalue weighted by atomic mass is 9.97. The van der Waals surface area contributed by atoms with Gasteiger partial charge in [-0.2, -0.15) is 0 Å². The highest BCUT2D eigenvalue weighted by atomic mass is 16.6. The minimum atomic E-state index is -0.777. The fourth-order valence-corrected chi connectivity index (χ4v) is 3.32. The number of nitro groups is 2. The molecule has 16 heteroatoms. The summed E-state index contributed by atoms with van der Waals surface area (Å²) in [4.78, 5) is 28.3. The van der Waals surface area contributed by atoms with Crippen LogP contribution in [0, 0.1) is 20.2 Å². The van der Waals surface area contributed by atoms with Gasteiger partial charge in [-0.25, -0.2) is 9.13 Å². The van der Waals surface area contributed by atoms with Gasteiger partial charge in [0.1, 0.15) is 49.3 Å². The highest BCUT2D eigenvalue weighted by molar-refractivity contribution is 5.93. The van der Waals surface area contributed by atoms with Crippen molar-refractivity contribution in [2.45, 2.75) is 58.3 Å². The van der Waals surface area contributed by atoms with E-state index in [-0.39, 0.29) is 36.4 Å². The molecule has 0 spiro atoms. The van der Waals surface area contributed by atoms with Crippen molar-refractivity contribution >= 4 is 23.3 Å². The molecule has 0 aromatic carbocycles. The highest BCUT2D eigenvalue weighted by Crippen LogP contribution is 2.15.